The number of anilines is 1. The summed E-state index contributed by atoms with van der Waals surface area (Å²) < 4.78 is 38.8. The monoisotopic (exact) mass is 550 g/mol. The molecule has 1 aromatic carbocycles. The van der Waals surface area contributed by atoms with Gasteiger partial charge < -0.3 is 15.0 Å². The summed E-state index contributed by atoms with van der Waals surface area (Å²) in [4.78, 5) is 27.9. The number of carbonyl (C=O) groups excluding carboxylic acids is 1. The lowest BCUT2D eigenvalue weighted by Crippen LogP contribution is -2.49. The molecule has 0 spiro atoms. The minimum Gasteiger partial charge on any atom is -0.444 e. The summed E-state index contributed by atoms with van der Waals surface area (Å²) in [6.45, 7) is 9.62. The van der Waals surface area contributed by atoms with Crippen molar-refractivity contribution in [2.45, 2.75) is 77.6 Å². The normalized spacial score (nSPS) is 19.2. The van der Waals surface area contributed by atoms with E-state index in [2.05, 4.69) is 26.8 Å². The molecule has 2 N–H and O–H groups in total. The molecule has 3 aromatic heterocycles. The zero-order chi connectivity index (χ0) is 27.8. The lowest BCUT2D eigenvalue weighted by atomic mass is 10.0. The SMILES string of the molecule is CC1Cn2c(c(C#Cc3c(F)cc4sc(C5CC5)nc4c3F)c3c(N)ncnc32)C(C)N1C(=O)OC(C)(C)C. The van der Waals surface area contributed by atoms with Crippen molar-refractivity contribution in [3.8, 4) is 11.8 Å². The largest absolute Gasteiger partial charge is 0.444 e. The number of benzene rings is 1. The lowest BCUT2D eigenvalue weighted by molar-refractivity contribution is 0.000894. The fourth-order valence-corrected chi connectivity index (χ4v) is 6.39. The van der Waals surface area contributed by atoms with E-state index in [0.29, 0.717) is 39.5 Å². The zero-order valence-corrected chi connectivity index (χ0v) is 23.1. The predicted octanol–water partition coefficient (Wildman–Crippen LogP) is 5.88. The number of halogens is 2. The van der Waals surface area contributed by atoms with Gasteiger partial charge in [-0.15, -0.1) is 11.3 Å². The van der Waals surface area contributed by atoms with Gasteiger partial charge in [-0.05, 0) is 53.5 Å². The number of nitrogens with two attached hydrogens (primary N) is 1. The van der Waals surface area contributed by atoms with Crippen molar-refractivity contribution in [2.24, 2.45) is 0 Å². The van der Waals surface area contributed by atoms with Gasteiger partial charge in [0.2, 0.25) is 0 Å². The van der Waals surface area contributed by atoms with Crippen LogP contribution in [0.4, 0.5) is 19.4 Å². The van der Waals surface area contributed by atoms with Gasteiger partial charge in [-0.1, -0.05) is 11.8 Å². The standard InChI is InChI=1S/C28H28F2N6O2S/c1-13-11-35-23(14(2)36(13)27(37)38-28(3,4)5)17(20-24(31)32-12-33-25(20)35)9-8-16-18(29)10-19-22(21(16)30)34-26(39-19)15-6-7-15/h10,12-15H,6-7,11H2,1-5H3,(H2,31,32,33). The first-order chi connectivity index (χ1) is 18.4. The number of ether oxygens (including phenoxy) is 1. The van der Waals surface area contributed by atoms with E-state index >= 15 is 8.78 Å². The molecule has 1 aliphatic carbocycles. The van der Waals surface area contributed by atoms with Crippen LogP contribution in [0.25, 0.3) is 21.3 Å². The Morgan fingerprint density at radius 1 is 1.18 bits per heavy atom. The highest BCUT2D eigenvalue weighted by atomic mass is 32.1. The molecule has 202 valence electrons. The van der Waals surface area contributed by atoms with Crippen LogP contribution in [0.3, 0.4) is 0 Å². The van der Waals surface area contributed by atoms with E-state index in [1.807, 2.05) is 39.2 Å². The molecule has 0 saturated heterocycles. The molecule has 1 saturated carbocycles. The number of nitrogens with zero attached hydrogens (tertiary/aromatic N) is 5. The van der Waals surface area contributed by atoms with Crippen molar-refractivity contribution in [1.29, 1.82) is 0 Å². The molecule has 2 unspecified atom stereocenters. The van der Waals surface area contributed by atoms with E-state index in [1.165, 1.54) is 23.7 Å². The van der Waals surface area contributed by atoms with Crippen molar-refractivity contribution < 1.29 is 18.3 Å². The molecule has 2 aliphatic rings. The molecule has 8 nitrogen and oxygen atoms in total. The second kappa shape index (κ2) is 8.88. The first-order valence-electron chi connectivity index (χ1n) is 12.9. The Kier molecular flexibility index (Phi) is 5.80. The molecule has 0 bridgehead atoms. The highest BCUT2D eigenvalue weighted by Gasteiger charge is 2.39. The van der Waals surface area contributed by atoms with Gasteiger partial charge >= 0.3 is 6.09 Å². The molecule has 1 amide bonds. The summed E-state index contributed by atoms with van der Waals surface area (Å²) >= 11 is 1.33. The van der Waals surface area contributed by atoms with Crippen molar-refractivity contribution in [2.75, 3.05) is 5.73 Å². The summed E-state index contributed by atoms with van der Waals surface area (Å²) in [5.41, 5.74) is 7.00. The summed E-state index contributed by atoms with van der Waals surface area (Å²) in [6.07, 6.45) is 2.94. The average molecular weight is 551 g/mol. The summed E-state index contributed by atoms with van der Waals surface area (Å²) in [7, 11) is 0. The number of hydrogen-bond acceptors (Lipinski definition) is 7. The lowest BCUT2D eigenvalue weighted by Gasteiger charge is -2.40. The smallest absolute Gasteiger partial charge is 0.411 e. The molecule has 1 aliphatic heterocycles. The third-order valence-electron chi connectivity index (χ3n) is 7.08. The van der Waals surface area contributed by atoms with Gasteiger partial charge in [-0.2, -0.15) is 0 Å². The van der Waals surface area contributed by atoms with Crippen molar-refractivity contribution >= 4 is 44.5 Å². The average Bonchev–Trinajstić information content (AvgIpc) is 3.52. The van der Waals surface area contributed by atoms with E-state index < -0.39 is 29.4 Å². The molecule has 39 heavy (non-hydrogen) atoms. The van der Waals surface area contributed by atoms with Crippen LogP contribution in [0.15, 0.2) is 12.4 Å². The second-order valence-corrected chi connectivity index (χ2v) is 12.3. The number of nitrogen functional groups attached to an aromatic ring is 1. The fraction of sp³-hybridized carbons (Fsp3) is 0.429. The molecule has 11 heteroatoms. The van der Waals surface area contributed by atoms with Crippen LogP contribution in [0.5, 0.6) is 0 Å². The van der Waals surface area contributed by atoms with Crippen LogP contribution in [0, 0.1) is 23.5 Å². The predicted molar refractivity (Wildman–Crippen MR) is 145 cm³/mol. The summed E-state index contributed by atoms with van der Waals surface area (Å²) in [6, 6.07) is 0.585. The van der Waals surface area contributed by atoms with E-state index in [4.69, 9.17) is 10.5 Å². The topological polar surface area (TPSA) is 99.2 Å². The first kappa shape index (κ1) is 25.5. The Balaban J connectivity index is 1.51. The Morgan fingerprint density at radius 2 is 1.90 bits per heavy atom. The van der Waals surface area contributed by atoms with Gasteiger partial charge in [0.15, 0.2) is 5.82 Å². The fourth-order valence-electron chi connectivity index (χ4n) is 5.23. The Morgan fingerprint density at radius 3 is 2.59 bits per heavy atom. The van der Waals surface area contributed by atoms with E-state index in [-0.39, 0.29) is 22.9 Å². The Bertz CT molecular complexity index is 1720. The van der Waals surface area contributed by atoms with Crippen LogP contribution < -0.4 is 5.73 Å². The van der Waals surface area contributed by atoms with Crippen LogP contribution in [0.2, 0.25) is 0 Å². The number of amides is 1. The summed E-state index contributed by atoms with van der Waals surface area (Å²) in [5.74, 6) is 4.69. The number of hydrogen-bond donors (Lipinski definition) is 1. The van der Waals surface area contributed by atoms with Gasteiger partial charge in [-0.3, -0.25) is 4.90 Å². The number of fused-ring (bicyclic) bond motifs is 4. The molecule has 0 radical (unpaired) electrons. The first-order valence-corrected chi connectivity index (χ1v) is 13.7. The van der Waals surface area contributed by atoms with Gasteiger partial charge in [0.25, 0.3) is 0 Å². The van der Waals surface area contributed by atoms with Crippen LogP contribution in [-0.4, -0.2) is 42.2 Å². The van der Waals surface area contributed by atoms with Crippen LogP contribution in [0.1, 0.15) is 81.2 Å². The Hall–Kier alpha value is -3.78. The summed E-state index contributed by atoms with van der Waals surface area (Å²) in [5, 5.41) is 1.31. The van der Waals surface area contributed by atoms with Crippen LogP contribution in [-0.2, 0) is 11.3 Å². The number of thiazole rings is 1. The highest BCUT2D eigenvalue weighted by molar-refractivity contribution is 7.18. The maximum Gasteiger partial charge on any atom is 0.411 e. The van der Waals surface area contributed by atoms with E-state index in [1.54, 1.807) is 4.90 Å². The molecule has 2 atom stereocenters. The van der Waals surface area contributed by atoms with Gasteiger partial charge in [0.1, 0.15) is 34.7 Å². The minimum absolute atomic E-state index is 0.137. The minimum atomic E-state index is -0.778. The molecular weight excluding hydrogens is 522 g/mol. The third kappa shape index (κ3) is 4.27. The number of aromatic nitrogens is 4. The van der Waals surface area contributed by atoms with Crippen LogP contribution >= 0.6 is 11.3 Å². The third-order valence-corrected chi connectivity index (χ3v) is 8.25. The van der Waals surface area contributed by atoms with Gasteiger partial charge in [0, 0.05) is 12.5 Å². The molecule has 1 fully saturated rings. The molecular formula is C28H28F2N6O2S. The van der Waals surface area contributed by atoms with E-state index in [9.17, 15) is 4.79 Å². The maximum absolute atomic E-state index is 15.5. The van der Waals surface area contributed by atoms with Gasteiger partial charge in [-0.25, -0.2) is 28.5 Å². The molecule has 4 aromatic rings. The maximum atomic E-state index is 15.5. The van der Waals surface area contributed by atoms with E-state index in [0.717, 1.165) is 17.8 Å². The zero-order valence-electron chi connectivity index (χ0n) is 22.3. The number of carbonyl (C=O) groups is 1. The van der Waals surface area contributed by atoms with Crippen molar-refractivity contribution in [3.63, 3.8) is 0 Å². The highest BCUT2D eigenvalue weighted by Crippen LogP contribution is 2.44. The number of rotatable bonds is 1. The van der Waals surface area contributed by atoms with Crippen molar-refractivity contribution in [3.05, 3.63) is 45.9 Å². The quantitative estimate of drug-likeness (QED) is 0.297. The van der Waals surface area contributed by atoms with Crippen molar-refractivity contribution in [1.82, 2.24) is 24.4 Å². The second-order valence-electron chi connectivity index (χ2n) is 11.2. The molecule has 4 heterocycles. The molecule has 6 rings (SSSR count). The van der Waals surface area contributed by atoms with Gasteiger partial charge in [0.05, 0.1) is 44.0 Å². The Labute approximate surface area is 228 Å².